The summed E-state index contributed by atoms with van der Waals surface area (Å²) in [6.07, 6.45) is 13.8. The van der Waals surface area contributed by atoms with Gasteiger partial charge in [-0.1, -0.05) is 62.8 Å². The molecule has 1 aromatic carbocycles. The molecule has 116 valence electrons. The molecule has 0 saturated heterocycles. The van der Waals surface area contributed by atoms with Gasteiger partial charge in [-0.15, -0.1) is 0 Å². The first kappa shape index (κ1) is 15.1. The Morgan fingerprint density at radius 3 is 2.52 bits per heavy atom. The molecule has 2 aliphatic carbocycles. The van der Waals surface area contributed by atoms with Crippen molar-refractivity contribution in [1.29, 1.82) is 0 Å². The Kier molecular flexibility index (Phi) is 5.32. The monoisotopic (exact) mass is 286 g/mol. The van der Waals surface area contributed by atoms with E-state index in [0.29, 0.717) is 6.04 Å². The predicted octanol–water partition coefficient (Wildman–Crippen LogP) is 4.82. The number of benzene rings is 1. The van der Waals surface area contributed by atoms with E-state index in [0.717, 1.165) is 11.8 Å². The van der Waals surface area contributed by atoms with Crippen molar-refractivity contribution in [3.05, 3.63) is 35.4 Å². The summed E-state index contributed by atoms with van der Waals surface area (Å²) < 4.78 is 0. The Morgan fingerprint density at radius 2 is 1.86 bits per heavy atom. The minimum atomic E-state index is 0.326. The van der Waals surface area contributed by atoms with Crippen molar-refractivity contribution in [3.8, 4) is 0 Å². The maximum absolute atomic E-state index is 5.84. The number of nitrogens with two attached hydrogens (primary N) is 1. The second-order valence-electron chi connectivity index (χ2n) is 7.10. The maximum Gasteiger partial charge on any atom is 0.0460 e. The lowest BCUT2D eigenvalue weighted by atomic mass is 9.79. The average Bonchev–Trinajstić information content (AvgIpc) is 2.48. The lowest BCUT2D eigenvalue weighted by Gasteiger charge is -2.28. The summed E-state index contributed by atoms with van der Waals surface area (Å²) in [4.78, 5) is 0. The Morgan fingerprint density at radius 1 is 1.05 bits per heavy atom. The largest absolute Gasteiger partial charge is 0.271 e. The summed E-state index contributed by atoms with van der Waals surface area (Å²) in [5.74, 6) is 7.58. The van der Waals surface area contributed by atoms with Gasteiger partial charge in [-0.25, -0.2) is 0 Å². The number of nitrogens with one attached hydrogen (secondary N) is 1. The van der Waals surface area contributed by atoms with Crippen LogP contribution in [0.1, 0.15) is 87.3 Å². The van der Waals surface area contributed by atoms with Gasteiger partial charge >= 0.3 is 0 Å². The van der Waals surface area contributed by atoms with Crippen molar-refractivity contribution in [2.75, 3.05) is 0 Å². The second kappa shape index (κ2) is 7.42. The van der Waals surface area contributed by atoms with Crippen molar-refractivity contribution in [1.82, 2.24) is 5.43 Å². The van der Waals surface area contributed by atoms with Crippen LogP contribution in [0, 0.1) is 5.92 Å². The molecule has 0 radical (unpaired) electrons. The molecule has 1 aromatic rings. The Balaban J connectivity index is 1.59. The smallest absolute Gasteiger partial charge is 0.0460 e. The van der Waals surface area contributed by atoms with E-state index in [1.807, 2.05) is 0 Å². The molecule has 0 spiro atoms. The van der Waals surface area contributed by atoms with E-state index in [2.05, 4.69) is 29.7 Å². The van der Waals surface area contributed by atoms with Gasteiger partial charge in [-0.3, -0.25) is 11.3 Å². The van der Waals surface area contributed by atoms with Crippen LogP contribution in [0.4, 0.5) is 0 Å². The maximum atomic E-state index is 5.84. The van der Waals surface area contributed by atoms with Gasteiger partial charge in [0.25, 0.3) is 0 Å². The summed E-state index contributed by atoms with van der Waals surface area (Å²) in [6.45, 7) is 0. The Labute approximate surface area is 129 Å². The van der Waals surface area contributed by atoms with Crippen LogP contribution in [0.2, 0.25) is 0 Å². The molecule has 0 heterocycles. The van der Waals surface area contributed by atoms with Crippen LogP contribution in [0.3, 0.4) is 0 Å². The van der Waals surface area contributed by atoms with Crippen molar-refractivity contribution < 1.29 is 0 Å². The second-order valence-corrected chi connectivity index (χ2v) is 7.10. The first-order valence-electron chi connectivity index (χ1n) is 8.93. The van der Waals surface area contributed by atoms with Crippen LogP contribution in [0.25, 0.3) is 0 Å². The van der Waals surface area contributed by atoms with Crippen LogP contribution in [0.5, 0.6) is 0 Å². The van der Waals surface area contributed by atoms with Crippen molar-refractivity contribution >= 4 is 0 Å². The molecule has 0 bridgehead atoms. The molecule has 2 heteroatoms. The van der Waals surface area contributed by atoms with E-state index >= 15 is 0 Å². The summed E-state index contributed by atoms with van der Waals surface area (Å²) in [7, 11) is 0. The zero-order chi connectivity index (χ0) is 14.5. The van der Waals surface area contributed by atoms with Crippen LogP contribution in [0.15, 0.2) is 24.3 Å². The first-order valence-corrected chi connectivity index (χ1v) is 8.93. The normalized spacial score (nSPS) is 22.0. The predicted molar refractivity (Wildman–Crippen MR) is 88.9 cm³/mol. The third-order valence-electron chi connectivity index (χ3n) is 5.68. The molecule has 0 aliphatic heterocycles. The van der Waals surface area contributed by atoms with Crippen LogP contribution < -0.4 is 11.3 Å². The topological polar surface area (TPSA) is 38.0 Å². The van der Waals surface area contributed by atoms with E-state index in [1.165, 1.54) is 75.3 Å². The SMILES string of the molecule is NNC(CCC1CCCCC1)c1cccc(C2CCC2)c1. The quantitative estimate of drug-likeness (QED) is 0.581. The van der Waals surface area contributed by atoms with E-state index < -0.39 is 0 Å². The zero-order valence-corrected chi connectivity index (χ0v) is 13.2. The van der Waals surface area contributed by atoms with Crippen LogP contribution in [-0.2, 0) is 0 Å². The highest BCUT2D eigenvalue weighted by molar-refractivity contribution is 5.29. The highest BCUT2D eigenvalue weighted by atomic mass is 15.2. The van der Waals surface area contributed by atoms with E-state index in [1.54, 1.807) is 0 Å². The third kappa shape index (κ3) is 3.87. The fourth-order valence-corrected chi connectivity index (χ4v) is 4.00. The van der Waals surface area contributed by atoms with Crippen molar-refractivity contribution in [2.45, 2.75) is 76.2 Å². The van der Waals surface area contributed by atoms with Gasteiger partial charge in [0.1, 0.15) is 0 Å². The zero-order valence-electron chi connectivity index (χ0n) is 13.2. The molecule has 3 rings (SSSR count). The van der Waals surface area contributed by atoms with Gasteiger partial charge in [0, 0.05) is 6.04 Å². The molecular formula is C19H30N2. The lowest BCUT2D eigenvalue weighted by molar-refractivity contribution is 0.315. The fraction of sp³-hybridized carbons (Fsp3) is 0.684. The van der Waals surface area contributed by atoms with E-state index in [4.69, 9.17) is 5.84 Å². The van der Waals surface area contributed by atoms with Gasteiger partial charge < -0.3 is 0 Å². The summed E-state index contributed by atoms with van der Waals surface area (Å²) >= 11 is 0. The number of hydrogen-bond acceptors (Lipinski definition) is 2. The van der Waals surface area contributed by atoms with Crippen LogP contribution >= 0.6 is 0 Å². The summed E-state index contributed by atoms with van der Waals surface area (Å²) in [5, 5.41) is 0. The summed E-state index contributed by atoms with van der Waals surface area (Å²) in [6, 6.07) is 9.48. The third-order valence-corrected chi connectivity index (χ3v) is 5.68. The number of hydrazine groups is 1. The standard InChI is InChI=1S/C19H30N2/c20-21-19(13-12-15-6-2-1-3-7-15)18-11-5-10-17(14-18)16-8-4-9-16/h5,10-11,14-16,19,21H,1-4,6-9,12-13,20H2. The van der Waals surface area contributed by atoms with Gasteiger partial charge in [0.05, 0.1) is 0 Å². The molecule has 3 N–H and O–H groups in total. The number of rotatable bonds is 6. The highest BCUT2D eigenvalue weighted by Crippen LogP contribution is 2.37. The number of hydrogen-bond donors (Lipinski definition) is 2. The molecule has 1 atom stereocenters. The van der Waals surface area contributed by atoms with Gasteiger partial charge in [0.15, 0.2) is 0 Å². The molecule has 2 nitrogen and oxygen atoms in total. The molecular weight excluding hydrogens is 256 g/mol. The molecule has 2 saturated carbocycles. The molecule has 2 aliphatic rings. The molecule has 21 heavy (non-hydrogen) atoms. The van der Waals surface area contributed by atoms with E-state index in [9.17, 15) is 0 Å². The molecule has 2 fully saturated rings. The minimum Gasteiger partial charge on any atom is -0.271 e. The Hall–Kier alpha value is -0.860. The molecule has 0 amide bonds. The van der Waals surface area contributed by atoms with Crippen molar-refractivity contribution in [2.24, 2.45) is 11.8 Å². The Bertz CT molecular complexity index is 433. The van der Waals surface area contributed by atoms with Gasteiger partial charge in [-0.05, 0) is 48.6 Å². The van der Waals surface area contributed by atoms with Crippen LogP contribution in [-0.4, -0.2) is 0 Å². The highest BCUT2D eigenvalue weighted by Gasteiger charge is 2.21. The minimum absolute atomic E-state index is 0.326. The average molecular weight is 286 g/mol. The molecule has 0 aromatic heterocycles. The lowest BCUT2D eigenvalue weighted by Crippen LogP contribution is -2.28. The summed E-state index contributed by atoms with van der Waals surface area (Å²) in [5.41, 5.74) is 5.97. The van der Waals surface area contributed by atoms with Gasteiger partial charge in [0.2, 0.25) is 0 Å². The first-order chi connectivity index (χ1) is 10.4. The van der Waals surface area contributed by atoms with Crippen molar-refractivity contribution in [3.63, 3.8) is 0 Å². The molecule has 1 unspecified atom stereocenters. The fourth-order valence-electron chi connectivity index (χ4n) is 4.00. The van der Waals surface area contributed by atoms with Gasteiger partial charge in [-0.2, -0.15) is 0 Å². The van der Waals surface area contributed by atoms with E-state index in [-0.39, 0.29) is 0 Å².